The first-order valence-corrected chi connectivity index (χ1v) is 6.07. The Morgan fingerprint density at radius 2 is 2.29 bits per heavy atom. The van der Waals surface area contributed by atoms with Crippen LogP contribution < -0.4 is 10.6 Å². The lowest BCUT2D eigenvalue weighted by Crippen LogP contribution is -2.35. The zero-order chi connectivity index (χ0) is 12.5. The van der Waals surface area contributed by atoms with Crippen molar-refractivity contribution >= 4 is 11.7 Å². The van der Waals surface area contributed by atoms with Gasteiger partial charge in [-0.3, -0.25) is 9.89 Å². The van der Waals surface area contributed by atoms with Crippen LogP contribution in [-0.4, -0.2) is 28.7 Å². The molecule has 2 heterocycles. The first-order chi connectivity index (χ1) is 7.97. The summed E-state index contributed by atoms with van der Waals surface area (Å²) in [5.41, 5.74) is 1.04. The summed E-state index contributed by atoms with van der Waals surface area (Å²) in [5.74, 6) is 0.614. The van der Waals surface area contributed by atoms with E-state index in [9.17, 15) is 4.79 Å². The van der Waals surface area contributed by atoms with Crippen LogP contribution in [0.5, 0.6) is 0 Å². The Morgan fingerprint density at radius 3 is 2.82 bits per heavy atom. The van der Waals surface area contributed by atoms with Crippen molar-refractivity contribution < 1.29 is 4.79 Å². The number of nitrogens with zero attached hydrogens (tertiary/aromatic N) is 1. The van der Waals surface area contributed by atoms with Gasteiger partial charge in [-0.2, -0.15) is 5.10 Å². The van der Waals surface area contributed by atoms with Crippen LogP contribution in [0, 0.1) is 0 Å². The number of aromatic nitrogens is 2. The Kier molecular flexibility index (Phi) is 3.19. The molecule has 0 spiro atoms. The molecule has 0 bridgehead atoms. The average Bonchev–Trinajstić information content (AvgIpc) is 2.85. The van der Waals surface area contributed by atoms with Crippen LogP contribution in [0.25, 0.3) is 0 Å². The third-order valence-electron chi connectivity index (χ3n) is 3.01. The predicted octanol–water partition coefficient (Wildman–Crippen LogP) is 1.40. The monoisotopic (exact) mass is 236 g/mol. The number of anilines is 1. The van der Waals surface area contributed by atoms with Crippen LogP contribution in [0.2, 0.25) is 0 Å². The molecule has 1 atom stereocenters. The fourth-order valence-electron chi connectivity index (χ4n) is 1.89. The van der Waals surface area contributed by atoms with Crippen molar-refractivity contribution in [1.29, 1.82) is 0 Å². The summed E-state index contributed by atoms with van der Waals surface area (Å²) < 4.78 is 0. The first-order valence-electron chi connectivity index (χ1n) is 6.07. The van der Waals surface area contributed by atoms with Crippen molar-refractivity contribution in [2.45, 2.75) is 45.1 Å². The van der Waals surface area contributed by atoms with Crippen molar-refractivity contribution in [1.82, 2.24) is 15.5 Å². The third-order valence-corrected chi connectivity index (χ3v) is 3.01. The number of H-pyrrole nitrogens is 1. The van der Waals surface area contributed by atoms with Gasteiger partial charge in [-0.05, 0) is 19.4 Å². The van der Waals surface area contributed by atoms with E-state index in [2.05, 4.69) is 41.6 Å². The van der Waals surface area contributed by atoms with E-state index >= 15 is 0 Å². The van der Waals surface area contributed by atoms with Crippen LogP contribution in [0.4, 0.5) is 5.82 Å². The lowest BCUT2D eigenvalue weighted by atomic mass is 9.92. The van der Waals surface area contributed by atoms with E-state index in [4.69, 9.17) is 0 Å². The number of hydrogen-bond donors (Lipinski definition) is 3. The van der Waals surface area contributed by atoms with Crippen LogP contribution in [-0.2, 0) is 10.2 Å². The van der Waals surface area contributed by atoms with Crippen molar-refractivity contribution in [3.8, 4) is 0 Å². The second-order valence-electron chi connectivity index (χ2n) is 5.56. The number of carbonyl (C=O) groups is 1. The average molecular weight is 236 g/mol. The molecule has 0 unspecified atom stereocenters. The van der Waals surface area contributed by atoms with Gasteiger partial charge in [0.15, 0.2) is 5.82 Å². The highest BCUT2D eigenvalue weighted by Gasteiger charge is 2.23. The van der Waals surface area contributed by atoms with Crippen LogP contribution in [0.15, 0.2) is 6.07 Å². The third kappa shape index (κ3) is 2.85. The molecule has 0 aromatic carbocycles. The maximum absolute atomic E-state index is 11.8. The van der Waals surface area contributed by atoms with E-state index in [0.29, 0.717) is 5.82 Å². The zero-order valence-electron chi connectivity index (χ0n) is 10.6. The lowest BCUT2D eigenvalue weighted by molar-refractivity contribution is -0.117. The summed E-state index contributed by atoms with van der Waals surface area (Å²) in [6.07, 6.45) is 1.97. The highest BCUT2D eigenvalue weighted by atomic mass is 16.2. The minimum Gasteiger partial charge on any atom is -0.308 e. The lowest BCUT2D eigenvalue weighted by Gasteiger charge is -2.14. The van der Waals surface area contributed by atoms with Gasteiger partial charge in [-0.25, -0.2) is 0 Å². The molecule has 1 aromatic rings. The number of aromatic amines is 1. The summed E-state index contributed by atoms with van der Waals surface area (Å²) in [4.78, 5) is 11.8. The molecular formula is C12H20N4O. The molecule has 1 saturated heterocycles. The molecule has 1 aliphatic rings. The van der Waals surface area contributed by atoms with Crippen LogP contribution in [0.1, 0.15) is 39.3 Å². The number of carbonyl (C=O) groups excluding carboxylic acids is 1. The molecule has 0 aliphatic carbocycles. The van der Waals surface area contributed by atoms with Gasteiger partial charge in [-0.15, -0.1) is 0 Å². The molecule has 0 radical (unpaired) electrons. The quantitative estimate of drug-likeness (QED) is 0.727. The number of hydrogen-bond acceptors (Lipinski definition) is 3. The number of nitrogens with one attached hydrogen (secondary N) is 3. The van der Waals surface area contributed by atoms with E-state index in [1.54, 1.807) is 0 Å². The van der Waals surface area contributed by atoms with Gasteiger partial charge in [0.1, 0.15) is 0 Å². The van der Waals surface area contributed by atoms with Gasteiger partial charge >= 0.3 is 0 Å². The van der Waals surface area contributed by atoms with Crippen molar-refractivity contribution in [3.05, 3.63) is 11.8 Å². The second-order valence-corrected chi connectivity index (χ2v) is 5.56. The fraction of sp³-hybridized carbons (Fsp3) is 0.667. The van der Waals surface area contributed by atoms with Crippen molar-refractivity contribution in [2.75, 3.05) is 11.9 Å². The maximum Gasteiger partial charge on any atom is 0.242 e. The molecule has 1 aliphatic heterocycles. The molecule has 1 amide bonds. The highest BCUT2D eigenvalue weighted by Crippen LogP contribution is 2.22. The van der Waals surface area contributed by atoms with E-state index < -0.39 is 0 Å². The fourth-order valence-corrected chi connectivity index (χ4v) is 1.89. The molecule has 3 N–H and O–H groups in total. The van der Waals surface area contributed by atoms with Gasteiger partial charge < -0.3 is 10.6 Å². The predicted molar refractivity (Wildman–Crippen MR) is 66.9 cm³/mol. The van der Waals surface area contributed by atoms with Crippen LogP contribution in [0.3, 0.4) is 0 Å². The molecule has 94 valence electrons. The molecule has 1 fully saturated rings. The van der Waals surface area contributed by atoms with E-state index in [1.165, 1.54) is 0 Å². The minimum atomic E-state index is -0.0650. The summed E-state index contributed by atoms with van der Waals surface area (Å²) in [6, 6.07) is 1.83. The van der Waals surface area contributed by atoms with Gasteiger partial charge in [0, 0.05) is 17.2 Å². The van der Waals surface area contributed by atoms with Gasteiger partial charge in [0.25, 0.3) is 0 Å². The Hall–Kier alpha value is -1.36. The molecule has 0 saturated carbocycles. The molecule has 1 aromatic heterocycles. The largest absolute Gasteiger partial charge is 0.308 e. The summed E-state index contributed by atoms with van der Waals surface area (Å²) >= 11 is 0. The summed E-state index contributed by atoms with van der Waals surface area (Å²) in [6.45, 7) is 7.23. The minimum absolute atomic E-state index is 0.00876. The Morgan fingerprint density at radius 1 is 1.53 bits per heavy atom. The smallest absolute Gasteiger partial charge is 0.242 e. The Balaban J connectivity index is 1.99. The van der Waals surface area contributed by atoms with E-state index in [1.807, 2.05) is 6.07 Å². The topological polar surface area (TPSA) is 69.8 Å². The maximum atomic E-state index is 11.8. The van der Waals surface area contributed by atoms with E-state index in [0.717, 1.165) is 25.1 Å². The van der Waals surface area contributed by atoms with Gasteiger partial charge in [0.05, 0.1) is 6.04 Å². The SMILES string of the molecule is CC(C)(C)c1cc(NC(=O)[C@@H]2CCCN2)n[nH]1. The van der Waals surface area contributed by atoms with Crippen molar-refractivity contribution in [2.24, 2.45) is 0 Å². The standard InChI is InChI=1S/C12H20N4O/c1-12(2,3)9-7-10(16-15-9)14-11(17)8-5-4-6-13-8/h7-8,13H,4-6H2,1-3H3,(H2,14,15,16,17)/t8-/m0/s1. The second kappa shape index (κ2) is 4.49. The molecule has 2 rings (SSSR count). The van der Waals surface area contributed by atoms with Gasteiger partial charge in [0.2, 0.25) is 5.91 Å². The number of amides is 1. The van der Waals surface area contributed by atoms with Crippen LogP contribution >= 0.6 is 0 Å². The Labute approximate surface area is 101 Å². The normalized spacial score (nSPS) is 20.5. The molecule has 17 heavy (non-hydrogen) atoms. The van der Waals surface area contributed by atoms with E-state index in [-0.39, 0.29) is 17.4 Å². The molecular weight excluding hydrogens is 216 g/mol. The molecule has 5 nitrogen and oxygen atoms in total. The summed E-state index contributed by atoms with van der Waals surface area (Å²) in [5, 5.41) is 13.1. The first kappa shape index (κ1) is 12.1. The van der Waals surface area contributed by atoms with Gasteiger partial charge in [-0.1, -0.05) is 20.8 Å². The zero-order valence-corrected chi connectivity index (χ0v) is 10.6. The highest BCUT2D eigenvalue weighted by molar-refractivity contribution is 5.94. The van der Waals surface area contributed by atoms with Crippen molar-refractivity contribution in [3.63, 3.8) is 0 Å². The Bertz CT molecular complexity index is 399. The number of rotatable bonds is 2. The summed E-state index contributed by atoms with van der Waals surface area (Å²) in [7, 11) is 0. The molecule has 5 heteroatoms.